The molecule has 0 atom stereocenters. The number of benzene rings is 1. The Balaban J connectivity index is 3.08. The van der Waals surface area contributed by atoms with E-state index in [0.29, 0.717) is 5.56 Å². The number of aryl methyl sites for hydroxylation is 1. The molecule has 4 heteroatoms. The fourth-order valence-electron chi connectivity index (χ4n) is 1.19. The Hall–Kier alpha value is -1.29. The van der Waals surface area contributed by atoms with E-state index < -0.39 is 0 Å². The van der Waals surface area contributed by atoms with Gasteiger partial charge in [0, 0.05) is 0 Å². The minimum atomic E-state index is -0.376. The second kappa shape index (κ2) is 4.09. The van der Waals surface area contributed by atoms with E-state index in [0.717, 1.165) is 11.0 Å². The van der Waals surface area contributed by atoms with E-state index in [1.807, 2.05) is 13.0 Å². The summed E-state index contributed by atoms with van der Waals surface area (Å²) in [5.41, 5.74) is 2.14. The first-order chi connectivity index (χ1) is 6.17. The van der Waals surface area contributed by atoms with Crippen molar-refractivity contribution < 1.29 is 14.6 Å². The second-order valence-electron chi connectivity index (χ2n) is 2.86. The monoisotopic (exact) mass is 178 g/mol. The van der Waals surface area contributed by atoms with Gasteiger partial charge in [-0.1, -0.05) is 23.2 Å². The van der Waals surface area contributed by atoms with Gasteiger partial charge < -0.3 is 9.76 Å². The van der Waals surface area contributed by atoms with Gasteiger partial charge in [0.25, 0.3) is 0 Å². The molecule has 0 saturated carbocycles. The second-order valence-corrected chi connectivity index (χ2v) is 2.86. The van der Waals surface area contributed by atoms with Gasteiger partial charge in [-0.3, -0.25) is 0 Å². The first-order valence-electron chi connectivity index (χ1n) is 3.97. The summed E-state index contributed by atoms with van der Waals surface area (Å²) in [4.78, 5) is 11.1. The third-order valence-electron chi connectivity index (χ3n) is 1.74. The van der Waals surface area contributed by atoms with Crippen LogP contribution in [0.4, 0.5) is 0 Å². The molecule has 0 saturated heterocycles. The van der Waals surface area contributed by atoms with Gasteiger partial charge in [-0.25, -0.2) is 4.79 Å². The molecule has 13 heavy (non-hydrogen) atoms. The van der Waals surface area contributed by atoms with Crippen LogP contribution in [0.3, 0.4) is 0 Å². The van der Waals surface area contributed by atoms with Crippen molar-refractivity contribution in [2.75, 3.05) is 7.11 Å². The average Bonchev–Trinajstić information content (AvgIpc) is 2.15. The lowest BCUT2D eigenvalue weighted by atomic mass is 9.86. The van der Waals surface area contributed by atoms with Crippen molar-refractivity contribution in [2.45, 2.75) is 6.92 Å². The molecular formula is C9H11BO3. The number of carbonyl (C=O) groups excluding carboxylic acids is 1. The van der Waals surface area contributed by atoms with E-state index in [1.54, 1.807) is 12.1 Å². The Bertz CT molecular complexity index is 323. The van der Waals surface area contributed by atoms with E-state index in [9.17, 15) is 4.79 Å². The van der Waals surface area contributed by atoms with Gasteiger partial charge in [0.1, 0.15) is 0 Å². The van der Waals surface area contributed by atoms with Crippen LogP contribution in [0.15, 0.2) is 18.2 Å². The molecule has 0 fully saturated rings. The summed E-state index contributed by atoms with van der Waals surface area (Å²) in [6, 6.07) is 5.18. The van der Waals surface area contributed by atoms with Crippen LogP contribution < -0.4 is 5.46 Å². The molecule has 0 aliphatic heterocycles. The molecule has 0 aliphatic rings. The smallest absolute Gasteiger partial charge is 0.337 e. The highest BCUT2D eigenvalue weighted by Crippen LogP contribution is 2.03. The van der Waals surface area contributed by atoms with Gasteiger partial charge in [0.15, 0.2) is 0 Å². The number of ether oxygens (including phenoxy) is 1. The fraction of sp³-hybridized carbons (Fsp3) is 0.222. The van der Waals surface area contributed by atoms with E-state index in [2.05, 4.69) is 4.74 Å². The van der Waals surface area contributed by atoms with Crippen LogP contribution in [0, 0.1) is 6.92 Å². The normalized spacial score (nSPS) is 9.46. The molecule has 3 nitrogen and oxygen atoms in total. The highest BCUT2D eigenvalue weighted by atomic mass is 16.5. The molecule has 68 valence electrons. The van der Waals surface area contributed by atoms with Crippen LogP contribution in [0.5, 0.6) is 0 Å². The molecule has 0 radical (unpaired) electrons. The van der Waals surface area contributed by atoms with E-state index in [1.165, 1.54) is 7.11 Å². The number of hydrogen-bond acceptors (Lipinski definition) is 3. The molecule has 0 spiro atoms. The predicted molar refractivity (Wildman–Crippen MR) is 51.5 cm³/mol. The topological polar surface area (TPSA) is 46.5 Å². The number of methoxy groups -OCH3 is 1. The summed E-state index contributed by atoms with van der Waals surface area (Å²) in [7, 11) is 1.27. The molecule has 0 unspecified atom stereocenters. The summed E-state index contributed by atoms with van der Waals surface area (Å²) in [6.07, 6.45) is 0. The SMILES string of the molecule is COC(=O)c1cc(C)cc(BO)c1. The van der Waals surface area contributed by atoms with Crippen LogP contribution in [0.2, 0.25) is 0 Å². The molecule has 0 heterocycles. The maximum Gasteiger partial charge on any atom is 0.337 e. The first-order valence-corrected chi connectivity index (χ1v) is 3.97. The van der Waals surface area contributed by atoms with Crippen molar-refractivity contribution in [1.29, 1.82) is 0 Å². The molecule has 1 N–H and O–H groups in total. The van der Waals surface area contributed by atoms with Crippen molar-refractivity contribution in [3.63, 3.8) is 0 Å². The Labute approximate surface area is 77.6 Å². The van der Waals surface area contributed by atoms with Crippen LogP contribution in [-0.4, -0.2) is 25.6 Å². The maximum absolute atomic E-state index is 11.1. The van der Waals surface area contributed by atoms with Crippen LogP contribution >= 0.6 is 0 Å². The fourth-order valence-corrected chi connectivity index (χ4v) is 1.19. The minimum absolute atomic E-state index is 0.0638. The van der Waals surface area contributed by atoms with Crippen molar-refractivity contribution >= 4 is 18.9 Å². The quantitative estimate of drug-likeness (QED) is 0.501. The lowest BCUT2D eigenvalue weighted by molar-refractivity contribution is 0.0600. The lowest BCUT2D eigenvalue weighted by Gasteiger charge is -2.03. The summed E-state index contributed by atoms with van der Waals surface area (Å²) >= 11 is 0. The zero-order chi connectivity index (χ0) is 9.84. The highest BCUT2D eigenvalue weighted by Gasteiger charge is 2.06. The average molecular weight is 178 g/mol. The zero-order valence-electron chi connectivity index (χ0n) is 7.70. The van der Waals surface area contributed by atoms with Crippen LogP contribution in [0.1, 0.15) is 15.9 Å². The summed E-state index contributed by atoms with van der Waals surface area (Å²) in [5, 5.41) is 8.89. The number of rotatable bonds is 2. The number of hydrogen-bond donors (Lipinski definition) is 1. The van der Waals surface area contributed by atoms with E-state index in [-0.39, 0.29) is 13.5 Å². The molecule has 0 aromatic heterocycles. The van der Waals surface area contributed by atoms with Crippen molar-refractivity contribution in [2.24, 2.45) is 0 Å². The molecule has 1 aromatic rings. The van der Waals surface area contributed by atoms with Crippen molar-refractivity contribution in [3.05, 3.63) is 29.3 Å². The van der Waals surface area contributed by atoms with Crippen molar-refractivity contribution in [1.82, 2.24) is 0 Å². The Morgan fingerprint density at radius 2 is 2.15 bits per heavy atom. The first kappa shape index (κ1) is 9.80. The Kier molecular flexibility index (Phi) is 3.09. The number of carbonyl (C=O) groups is 1. The molecule has 0 amide bonds. The van der Waals surface area contributed by atoms with Gasteiger partial charge >= 0.3 is 13.5 Å². The van der Waals surface area contributed by atoms with Crippen molar-refractivity contribution in [3.8, 4) is 0 Å². The summed E-state index contributed by atoms with van der Waals surface area (Å²) in [5.74, 6) is -0.376. The zero-order valence-corrected chi connectivity index (χ0v) is 7.70. The molecule has 0 aliphatic carbocycles. The van der Waals surface area contributed by atoms with Gasteiger partial charge in [0.05, 0.1) is 12.7 Å². The van der Waals surface area contributed by atoms with Gasteiger partial charge in [-0.15, -0.1) is 0 Å². The van der Waals surface area contributed by atoms with Gasteiger partial charge in [-0.05, 0) is 13.0 Å². The van der Waals surface area contributed by atoms with Gasteiger partial charge in [-0.2, -0.15) is 0 Å². The van der Waals surface area contributed by atoms with Crippen LogP contribution in [-0.2, 0) is 4.74 Å². The van der Waals surface area contributed by atoms with E-state index >= 15 is 0 Å². The van der Waals surface area contributed by atoms with E-state index in [4.69, 9.17) is 5.02 Å². The molecular weight excluding hydrogens is 167 g/mol. The Morgan fingerprint density at radius 1 is 1.46 bits per heavy atom. The minimum Gasteiger partial charge on any atom is -0.465 e. The molecule has 1 aromatic carbocycles. The molecule has 1 rings (SSSR count). The number of esters is 1. The largest absolute Gasteiger partial charge is 0.465 e. The highest BCUT2D eigenvalue weighted by molar-refractivity contribution is 6.45. The lowest BCUT2D eigenvalue weighted by Crippen LogP contribution is -2.16. The standard InChI is InChI=1S/C9H11BO3/c1-6-3-7(9(11)13-2)5-8(4-6)10-12/h3-5,10,12H,1-2H3. The predicted octanol–water partition coefficient (Wildman–Crippen LogP) is -0.249. The van der Waals surface area contributed by atoms with Gasteiger partial charge in [0.2, 0.25) is 0 Å². The third kappa shape index (κ3) is 2.32. The summed E-state index contributed by atoms with van der Waals surface area (Å²) < 4.78 is 4.57. The third-order valence-corrected chi connectivity index (χ3v) is 1.74. The maximum atomic E-state index is 11.1. The van der Waals surface area contributed by atoms with Crippen LogP contribution in [0.25, 0.3) is 0 Å². The Morgan fingerprint density at radius 3 is 2.69 bits per heavy atom. The molecule has 0 bridgehead atoms. The summed E-state index contributed by atoms with van der Waals surface area (Å²) in [6.45, 7) is 1.87.